The first kappa shape index (κ1) is 25.8. The molecule has 10 heteroatoms. The van der Waals surface area contributed by atoms with Gasteiger partial charge in [-0.3, -0.25) is 14.5 Å². The number of amides is 2. The van der Waals surface area contributed by atoms with Crippen LogP contribution in [0.5, 0.6) is 5.75 Å². The molecule has 0 radical (unpaired) electrons. The summed E-state index contributed by atoms with van der Waals surface area (Å²) >= 11 is 0. The minimum atomic E-state index is -0.105. The Hall–Kier alpha value is -2.26. The van der Waals surface area contributed by atoms with E-state index in [1.54, 1.807) is 37.4 Å². The van der Waals surface area contributed by atoms with Crippen molar-refractivity contribution in [3.8, 4) is 5.75 Å². The molecule has 1 aliphatic rings. The van der Waals surface area contributed by atoms with Crippen LogP contribution < -0.4 is 15.8 Å². The van der Waals surface area contributed by atoms with Crippen LogP contribution in [0.15, 0.2) is 41.0 Å². The van der Waals surface area contributed by atoms with Crippen LogP contribution in [0.1, 0.15) is 26.5 Å². The van der Waals surface area contributed by atoms with Gasteiger partial charge in [-0.2, -0.15) is 0 Å². The highest BCUT2D eigenvalue weighted by atomic mass is 35.5. The van der Waals surface area contributed by atoms with Crippen molar-refractivity contribution in [2.45, 2.75) is 6.54 Å². The average molecular weight is 459 g/mol. The lowest BCUT2D eigenvalue weighted by molar-refractivity contribution is 0.0637. The Balaban J connectivity index is 0.00000225. The van der Waals surface area contributed by atoms with Gasteiger partial charge in [0.1, 0.15) is 17.8 Å². The first-order valence-corrected chi connectivity index (χ1v) is 9.32. The monoisotopic (exact) mass is 458 g/mol. The number of nitrogens with zero attached hydrogens (tertiary/aromatic N) is 2. The lowest BCUT2D eigenvalue weighted by Gasteiger charge is -2.34. The molecule has 166 valence electrons. The molecule has 1 fully saturated rings. The van der Waals surface area contributed by atoms with Gasteiger partial charge < -0.3 is 25.1 Å². The molecule has 2 heterocycles. The van der Waals surface area contributed by atoms with Gasteiger partial charge in [0.05, 0.1) is 19.2 Å². The van der Waals surface area contributed by atoms with E-state index in [1.807, 2.05) is 4.90 Å². The molecule has 0 saturated carbocycles. The number of furan rings is 1. The quantitative estimate of drug-likeness (QED) is 0.655. The van der Waals surface area contributed by atoms with Crippen LogP contribution in [-0.2, 0) is 6.54 Å². The van der Waals surface area contributed by atoms with Gasteiger partial charge in [-0.05, 0) is 30.3 Å². The Morgan fingerprint density at radius 3 is 2.33 bits per heavy atom. The molecule has 2 amide bonds. The van der Waals surface area contributed by atoms with E-state index in [2.05, 4.69) is 10.2 Å². The van der Waals surface area contributed by atoms with Crippen molar-refractivity contribution in [3.05, 3.63) is 53.5 Å². The minimum Gasteiger partial charge on any atom is -0.497 e. The van der Waals surface area contributed by atoms with E-state index in [0.717, 1.165) is 25.4 Å². The zero-order valence-corrected chi connectivity index (χ0v) is 18.5. The number of nitrogens with two attached hydrogens (primary N) is 1. The molecule has 1 aromatic carbocycles. The van der Waals surface area contributed by atoms with Crippen LogP contribution >= 0.6 is 24.8 Å². The molecular weight excluding hydrogens is 431 g/mol. The maximum atomic E-state index is 12.5. The van der Waals surface area contributed by atoms with Crippen LogP contribution in [0.25, 0.3) is 0 Å². The third-order valence-electron chi connectivity index (χ3n) is 4.83. The summed E-state index contributed by atoms with van der Waals surface area (Å²) in [6.07, 6.45) is 1.46. The van der Waals surface area contributed by atoms with Crippen LogP contribution in [-0.4, -0.2) is 68.0 Å². The Bertz CT molecular complexity index is 805. The average Bonchev–Trinajstić information content (AvgIpc) is 3.23. The van der Waals surface area contributed by atoms with Crippen molar-refractivity contribution in [3.63, 3.8) is 0 Å². The maximum absolute atomic E-state index is 12.5. The maximum Gasteiger partial charge on any atom is 0.257 e. The topological polar surface area (TPSA) is 101 Å². The normalized spacial score (nSPS) is 13.7. The van der Waals surface area contributed by atoms with Gasteiger partial charge in [-0.1, -0.05) is 0 Å². The molecular formula is C20H28Cl2N4O4. The molecule has 1 aliphatic heterocycles. The lowest BCUT2D eigenvalue weighted by atomic mass is 10.2. The molecule has 2 aromatic rings. The van der Waals surface area contributed by atoms with Crippen LogP contribution in [0, 0.1) is 0 Å². The molecule has 3 rings (SSSR count). The lowest BCUT2D eigenvalue weighted by Crippen LogP contribution is -2.50. The fourth-order valence-corrected chi connectivity index (χ4v) is 3.13. The van der Waals surface area contributed by atoms with E-state index in [1.165, 1.54) is 6.26 Å². The van der Waals surface area contributed by atoms with Gasteiger partial charge in [0.15, 0.2) is 0 Å². The molecule has 8 nitrogen and oxygen atoms in total. The van der Waals surface area contributed by atoms with Gasteiger partial charge in [0.25, 0.3) is 11.8 Å². The van der Waals surface area contributed by atoms with Gasteiger partial charge >= 0.3 is 0 Å². The first-order valence-electron chi connectivity index (χ1n) is 9.32. The molecule has 0 unspecified atom stereocenters. The predicted octanol–water partition coefficient (Wildman–Crippen LogP) is 1.78. The van der Waals surface area contributed by atoms with Gasteiger partial charge in [-0.15, -0.1) is 24.8 Å². The first-order chi connectivity index (χ1) is 13.6. The highest BCUT2D eigenvalue weighted by Crippen LogP contribution is 2.13. The minimum absolute atomic E-state index is 0. The summed E-state index contributed by atoms with van der Waals surface area (Å²) in [5, 5.41) is 2.93. The van der Waals surface area contributed by atoms with E-state index in [4.69, 9.17) is 14.9 Å². The zero-order chi connectivity index (χ0) is 19.9. The third kappa shape index (κ3) is 6.63. The smallest absolute Gasteiger partial charge is 0.257 e. The zero-order valence-electron chi connectivity index (χ0n) is 16.8. The highest BCUT2D eigenvalue weighted by Gasteiger charge is 2.23. The van der Waals surface area contributed by atoms with Crippen molar-refractivity contribution in [1.29, 1.82) is 0 Å². The second-order valence-electron chi connectivity index (χ2n) is 6.62. The SMILES string of the molecule is COc1ccc(C(=O)NCCN2CCN(C(=O)c3coc(CN)c3)CC2)cc1.Cl.Cl. The van der Waals surface area contributed by atoms with Crippen molar-refractivity contribution < 1.29 is 18.7 Å². The number of rotatable bonds is 7. The Morgan fingerprint density at radius 1 is 1.10 bits per heavy atom. The van der Waals surface area contributed by atoms with Crippen molar-refractivity contribution in [1.82, 2.24) is 15.1 Å². The summed E-state index contributed by atoms with van der Waals surface area (Å²) in [5.74, 6) is 1.19. The summed E-state index contributed by atoms with van der Waals surface area (Å²) in [4.78, 5) is 28.7. The van der Waals surface area contributed by atoms with Crippen LogP contribution in [0.3, 0.4) is 0 Å². The molecule has 1 aromatic heterocycles. The van der Waals surface area contributed by atoms with Crippen LogP contribution in [0.4, 0.5) is 0 Å². The number of hydrogen-bond acceptors (Lipinski definition) is 6. The number of methoxy groups -OCH3 is 1. The molecule has 3 N–H and O–H groups in total. The number of ether oxygens (including phenoxy) is 1. The van der Waals surface area contributed by atoms with Gasteiger partial charge in [0.2, 0.25) is 0 Å². The number of benzene rings is 1. The Labute approximate surface area is 188 Å². The van der Waals surface area contributed by atoms with E-state index in [-0.39, 0.29) is 43.2 Å². The highest BCUT2D eigenvalue weighted by molar-refractivity contribution is 5.94. The summed E-state index contributed by atoms with van der Waals surface area (Å²) in [5.41, 5.74) is 6.66. The number of carbonyl (C=O) groups excluding carboxylic acids is 2. The van der Waals surface area contributed by atoms with Crippen molar-refractivity contribution >= 4 is 36.6 Å². The second kappa shape index (κ2) is 12.4. The summed E-state index contributed by atoms with van der Waals surface area (Å²) in [6.45, 7) is 4.41. The van der Waals surface area contributed by atoms with Crippen LogP contribution in [0.2, 0.25) is 0 Å². The summed E-state index contributed by atoms with van der Waals surface area (Å²) in [7, 11) is 1.59. The van der Waals surface area contributed by atoms with E-state index in [0.29, 0.717) is 36.5 Å². The third-order valence-corrected chi connectivity index (χ3v) is 4.83. The Kier molecular flexibility index (Phi) is 10.7. The van der Waals surface area contributed by atoms with E-state index in [9.17, 15) is 9.59 Å². The second-order valence-corrected chi connectivity index (χ2v) is 6.62. The molecule has 0 spiro atoms. The standard InChI is InChI=1S/C20H26N4O4.2ClH/c1-27-17-4-2-15(3-5-17)19(25)22-6-7-23-8-10-24(11-9-23)20(26)16-12-18(13-21)28-14-16;;/h2-5,12,14H,6-11,13,21H2,1H3,(H,22,25);2*1H. The number of hydrogen-bond donors (Lipinski definition) is 2. The molecule has 1 saturated heterocycles. The van der Waals surface area contributed by atoms with Gasteiger partial charge in [0, 0.05) is 44.8 Å². The van der Waals surface area contributed by atoms with E-state index < -0.39 is 0 Å². The van der Waals surface area contributed by atoms with Crippen molar-refractivity contribution in [2.24, 2.45) is 5.73 Å². The van der Waals surface area contributed by atoms with Crippen molar-refractivity contribution in [2.75, 3.05) is 46.4 Å². The summed E-state index contributed by atoms with van der Waals surface area (Å²) in [6, 6.07) is 8.71. The number of nitrogens with one attached hydrogen (secondary N) is 1. The van der Waals surface area contributed by atoms with Gasteiger partial charge in [-0.25, -0.2) is 0 Å². The number of carbonyl (C=O) groups is 2. The predicted molar refractivity (Wildman–Crippen MR) is 119 cm³/mol. The molecule has 30 heavy (non-hydrogen) atoms. The fourth-order valence-electron chi connectivity index (χ4n) is 3.13. The summed E-state index contributed by atoms with van der Waals surface area (Å²) < 4.78 is 10.3. The molecule has 0 atom stereocenters. The molecule has 0 bridgehead atoms. The number of halogens is 2. The Morgan fingerprint density at radius 2 is 1.77 bits per heavy atom. The fraction of sp³-hybridized carbons (Fsp3) is 0.400. The molecule has 0 aliphatic carbocycles. The van der Waals surface area contributed by atoms with E-state index >= 15 is 0 Å². The largest absolute Gasteiger partial charge is 0.497 e. The number of piperazine rings is 1.